The molecule has 0 saturated carbocycles. The number of aryl methyl sites for hydroxylation is 1. The monoisotopic (exact) mass is 438 g/mol. The van der Waals surface area contributed by atoms with Gasteiger partial charge in [-0.3, -0.25) is 14.5 Å². The standard InChI is InChI=1S/C23H35ClN2O4/c1-16-14-17(6-7-19(16)24)15-26-12-10-18(11-13-26)25-20(22(28)29-5)8-9-21(27)30-23(2,3)4/h6-7,14,18,20,25H,8-13,15H2,1-5H3/t20-/m1/s1. The van der Waals surface area contributed by atoms with Crippen molar-refractivity contribution < 1.29 is 19.1 Å². The first-order valence-electron chi connectivity index (χ1n) is 10.6. The lowest BCUT2D eigenvalue weighted by molar-refractivity contribution is -0.155. The molecular formula is C23H35ClN2O4. The molecule has 1 aromatic carbocycles. The number of rotatable bonds is 8. The van der Waals surface area contributed by atoms with Crippen molar-refractivity contribution in [2.75, 3.05) is 20.2 Å². The minimum absolute atomic E-state index is 0.179. The van der Waals surface area contributed by atoms with Crippen LogP contribution in [0.4, 0.5) is 0 Å². The lowest BCUT2D eigenvalue weighted by Gasteiger charge is -2.34. The molecule has 168 valence electrons. The van der Waals surface area contributed by atoms with Gasteiger partial charge in [0, 0.05) is 24.0 Å². The average molecular weight is 439 g/mol. The van der Waals surface area contributed by atoms with Crippen LogP contribution in [0.15, 0.2) is 18.2 Å². The van der Waals surface area contributed by atoms with Crippen molar-refractivity contribution in [2.24, 2.45) is 0 Å². The van der Waals surface area contributed by atoms with Crippen LogP contribution < -0.4 is 5.32 Å². The molecule has 7 heteroatoms. The van der Waals surface area contributed by atoms with Gasteiger partial charge in [0.25, 0.3) is 0 Å². The molecule has 0 radical (unpaired) electrons. The van der Waals surface area contributed by atoms with E-state index in [2.05, 4.69) is 22.3 Å². The number of esters is 2. The van der Waals surface area contributed by atoms with Crippen LogP contribution in [-0.2, 0) is 25.6 Å². The van der Waals surface area contributed by atoms with E-state index in [1.54, 1.807) is 0 Å². The van der Waals surface area contributed by atoms with Crippen molar-refractivity contribution in [3.05, 3.63) is 34.3 Å². The van der Waals surface area contributed by atoms with Crippen molar-refractivity contribution in [2.45, 2.75) is 77.6 Å². The number of nitrogens with one attached hydrogen (secondary N) is 1. The van der Waals surface area contributed by atoms with Gasteiger partial charge in [-0.15, -0.1) is 0 Å². The van der Waals surface area contributed by atoms with E-state index in [4.69, 9.17) is 21.1 Å². The van der Waals surface area contributed by atoms with Crippen LogP contribution >= 0.6 is 11.6 Å². The van der Waals surface area contributed by atoms with Gasteiger partial charge in [-0.1, -0.05) is 23.7 Å². The highest BCUT2D eigenvalue weighted by Crippen LogP contribution is 2.20. The number of piperidine rings is 1. The van der Waals surface area contributed by atoms with E-state index in [1.165, 1.54) is 12.7 Å². The zero-order valence-electron chi connectivity index (χ0n) is 18.8. The van der Waals surface area contributed by atoms with Gasteiger partial charge in [0.05, 0.1) is 7.11 Å². The molecule has 0 bridgehead atoms. The number of benzene rings is 1. The van der Waals surface area contributed by atoms with Gasteiger partial charge in [-0.2, -0.15) is 0 Å². The fourth-order valence-electron chi connectivity index (χ4n) is 3.67. The third kappa shape index (κ3) is 8.25. The molecule has 0 amide bonds. The number of hydrogen-bond donors (Lipinski definition) is 1. The molecule has 6 nitrogen and oxygen atoms in total. The number of nitrogens with zero attached hydrogens (tertiary/aromatic N) is 1. The molecule has 0 aliphatic carbocycles. The predicted molar refractivity (Wildman–Crippen MR) is 119 cm³/mol. The first-order valence-corrected chi connectivity index (χ1v) is 11.0. The van der Waals surface area contributed by atoms with E-state index in [0.29, 0.717) is 6.42 Å². The third-order valence-electron chi connectivity index (χ3n) is 5.20. The number of halogens is 1. The molecule has 1 saturated heterocycles. The summed E-state index contributed by atoms with van der Waals surface area (Å²) < 4.78 is 10.3. The highest BCUT2D eigenvalue weighted by atomic mass is 35.5. The minimum atomic E-state index is -0.527. The Labute approximate surface area is 185 Å². The maximum absolute atomic E-state index is 12.2. The molecule has 2 rings (SSSR count). The molecule has 1 heterocycles. The van der Waals surface area contributed by atoms with E-state index in [9.17, 15) is 9.59 Å². The maximum atomic E-state index is 12.2. The highest BCUT2D eigenvalue weighted by molar-refractivity contribution is 6.31. The first-order chi connectivity index (χ1) is 14.1. The molecular weight excluding hydrogens is 404 g/mol. The molecule has 1 aliphatic rings. The van der Waals surface area contributed by atoms with Crippen LogP contribution in [0.3, 0.4) is 0 Å². The van der Waals surface area contributed by atoms with Gasteiger partial charge >= 0.3 is 11.9 Å². The number of methoxy groups -OCH3 is 1. The minimum Gasteiger partial charge on any atom is -0.468 e. The highest BCUT2D eigenvalue weighted by Gasteiger charge is 2.27. The number of likely N-dealkylation sites (tertiary alicyclic amines) is 1. The van der Waals surface area contributed by atoms with Crippen molar-refractivity contribution >= 4 is 23.5 Å². The van der Waals surface area contributed by atoms with Gasteiger partial charge in [0.15, 0.2) is 0 Å². The Morgan fingerprint density at radius 1 is 1.27 bits per heavy atom. The van der Waals surface area contributed by atoms with E-state index in [1.807, 2.05) is 33.8 Å². The second-order valence-electron chi connectivity index (χ2n) is 9.00. The topological polar surface area (TPSA) is 67.9 Å². The molecule has 1 aromatic rings. The molecule has 0 unspecified atom stereocenters. The number of carbonyl (C=O) groups is 2. The fraction of sp³-hybridized carbons (Fsp3) is 0.652. The van der Waals surface area contributed by atoms with E-state index >= 15 is 0 Å². The van der Waals surface area contributed by atoms with Gasteiger partial charge in [0.2, 0.25) is 0 Å². The normalized spacial score (nSPS) is 16.9. The van der Waals surface area contributed by atoms with Crippen LogP contribution in [0.1, 0.15) is 57.6 Å². The van der Waals surface area contributed by atoms with Gasteiger partial charge in [-0.05, 0) is 77.2 Å². The summed E-state index contributed by atoms with van der Waals surface area (Å²) in [7, 11) is 1.38. The summed E-state index contributed by atoms with van der Waals surface area (Å²) >= 11 is 6.12. The summed E-state index contributed by atoms with van der Waals surface area (Å²) in [5.74, 6) is -0.635. The first kappa shape index (κ1) is 24.6. The van der Waals surface area contributed by atoms with E-state index in [-0.39, 0.29) is 24.4 Å². The molecule has 1 fully saturated rings. The summed E-state index contributed by atoms with van der Waals surface area (Å²) in [6, 6.07) is 5.88. The second kappa shape index (κ2) is 11.1. The molecule has 1 aliphatic heterocycles. The van der Waals surface area contributed by atoms with Crippen molar-refractivity contribution in [3.8, 4) is 0 Å². The lowest BCUT2D eigenvalue weighted by Crippen LogP contribution is -2.49. The smallest absolute Gasteiger partial charge is 0.322 e. The van der Waals surface area contributed by atoms with Gasteiger partial charge < -0.3 is 14.8 Å². The number of carbonyl (C=O) groups excluding carboxylic acids is 2. The van der Waals surface area contributed by atoms with E-state index in [0.717, 1.165) is 43.1 Å². The Hall–Kier alpha value is -1.63. The van der Waals surface area contributed by atoms with Gasteiger partial charge in [0.1, 0.15) is 11.6 Å². The molecule has 1 atom stereocenters. The summed E-state index contributed by atoms with van der Waals surface area (Å²) in [6.45, 7) is 10.3. The number of hydrogen-bond acceptors (Lipinski definition) is 6. The second-order valence-corrected chi connectivity index (χ2v) is 9.41. The Morgan fingerprint density at radius 2 is 1.93 bits per heavy atom. The average Bonchev–Trinajstić information content (AvgIpc) is 2.67. The molecule has 1 N–H and O–H groups in total. The third-order valence-corrected chi connectivity index (χ3v) is 5.62. The summed E-state index contributed by atoms with van der Waals surface area (Å²) in [5, 5.41) is 4.19. The summed E-state index contributed by atoms with van der Waals surface area (Å²) in [5.41, 5.74) is 1.82. The number of ether oxygens (including phenoxy) is 2. The molecule has 30 heavy (non-hydrogen) atoms. The SMILES string of the molecule is COC(=O)[C@@H](CCC(=O)OC(C)(C)C)NC1CCN(Cc2ccc(Cl)c(C)c2)CC1. The van der Waals surface area contributed by atoms with Crippen LogP contribution in [-0.4, -0.2) is 54.7 Å². The molecule has 0 spiro atoms. The fourth-order valence-corrected chi connectivity index (χ4v) is 3.79. The van der Waals surface area contributed by atoms with Crippen molar-refractivity contribution in [1.82, 2.24) is 10.2 Å². The Balaban J connectivity index is 1.82. The van der Waals surface area contributed by atoms with Crippen LogP contribution in [0.2, 0.25) is 5.02 Å². The quantitative estimate of drug-likeness (QED) is 0.621. The van der Waals surface area contributed by atoms with E-state index < -0.39 is 11.6 Å². The van der Waals surface area contributed by atoms with Crippen molar-refractivity contribution in [3.63, 3.8) is 0 Å². The van der Waals surface area contributed by atoms with Crippen LogP contribution in [0.25, 0.3) is 0 Å². The van der Waals surface area contributed by atoms with Gasteiger partial charge in [-0.25, -0.2) is 0 Å². The van der Waals surface area contributed by atoms with Crippen LogP contribution in [0.5, 0.6) is 0 Å². The summed E-state index contributed by atoms with van der Waals surface area (Å²) in [4.78, 5) is 26.6. The summed E-state index contributed by atoms with van der Waals surface area (Å²) in [6.07, 6.45) is 2.42. The maximum Gasteiger partial charge on any atom is 0.322 e. The largest absolute Gasteiger partial charge is 0.468 e. The zero-order valence-corrected chi connectivity index (χ0v) is 19.6. The molecule has 0 aromatic heterocycles. The Bertz CT molecular complexity index is 724. The van der Waals surface area contributed by atoms with Crippen LogP contribution in [0, 0.1) is 6.92 Å². The lowest BCUT2D eigenvalue weighted by atomic mass is 10.0. The zero-order chi connectivity index (χ0) is 22.3. The Kier molecular flexibility index (Phi) is 9.13. The van der Waals surface area contributed by atoms with Crippen molar-refractivity contribution in [1.29, 1.82) is 0 Å². The predicted octanol–water partition coefficient (Wildman–Crippen LogP) is 3.87. The Morgan fingerprint density at radius 3 is 2.50 bits per heavy atom.